The third kappa shape index (κ3) is 4.71. The summed E-state index contributed by atoms with van der Waals surface area (Å²) in [4.78, 5) is 26.0. The molecule has 4 rings (SSSR count). The van der Waals surface area contributed by atoms with Gasteiger partial charge in [0.05, 0.1) is 5.39 Å². The lowest BCUT2D eigenvalue weighted by atomic mass is 9.86. The van der Waals surface area contributed by atoms with Crippen molar-refractivity contribution in [1.29, 1.82) is 0 Å². The first kappa shape index (κ1) is 22.8. The highest BCUT2D eigenvalue weighted by atomic mass is 35.5. The Balaban J connectivity index is 1.82. The number of halogens is 1. The van der Waals surface area contributed by atoms with Crippen LogP contribution in [0.1, 0.15) is 42.3 Å². The second-order valence-electron chi connectivity index (χ2n) is 9.09. The standard InChI is InChI=1S/C28H25ClO4/c1-17-14-24-21(15-22(17)29)25(31)27(32-16-23(30)18-8-6-5-7-9-18)26(33-24)19-10-12-20(13-11-19)28(2,3)4/h5-15H,16H2,1-4H3. The zero-order chi connectivity index (χ0) is 23.8. The monoisotopic (exact) mass is 460 g/mol. The summed E-state index contributed by atoms with van der Waals surface area (Å²) in [7, 11) is 0. The minimum absolute atomic E-state index is 0.00444. The van der Waals surface area contributed by atoms with Crippen LogP contribution in [0.15, 0.2) is 75.9 Å². The Morgan fingerprint density at radius 3 is 2.30 bits per heavy atom. The summed E-state index contributed by atoms with van der Waals surface area (Å²) in [5, 5.41) is 0.770. The molecule has 0 atom stereocenters. The Morgan fingerprint density at radius 1 is 1.00 bits per heavy atom. The number of ketones is 1. The van der Waals surface area contributed by atoms with Gasteiger partial charge in [-0.25, -0.2) is 0 Å². The van der Waals surface area contributed by atoms with Gasteiger partial charge in [-0.15, -0.1) is 0 Å². The van der Waals surface area contributed by atoms with E-state index in [0.29, 0.717) is 27.1 Å². The van der Waals surface area contributed by atoms with Crippen LogP contribution < -0.4 is 10.2 Å². The second-order valence-corrected chi connectivity index (χ2v) is 9.50. The van der Waals surface area contributed by atoms with Gasteiger partial charge in [-0.3, -0.25) is 9.59 Å². The van der Waals surface area contributed by atoms with Crippen molar-refractivity contribution in [3.8, 4) is 17.1 Å². The molecule has 168 valence electrons. The molecule has 0 aliphatic rings. The Labute approximate surface area is 197 Å². The third-order valence-corrected chi connectivity index (χ3v) is 5.99. The van der Waals surface area contributed by atoms with Gasteiger partial charge in [0.1, 0.15) is 5.58 Å². The minimum atomic E-state index is -0.367. The van der Waals surface area contributed by atoms with Gasteiger partial charge in [-0.05, 0) is 35.6 Å². The summed E-state index contributed by atoms with van der Waals surface area (Å²) in [6.07, 6.45) is 0. The van der Waals surface area contributed by atoms with E-state index in [-0.39, 0.29) is 34.7 Å². The fraction of sp³-hybridized carbons (Fsp3) is 0.214. The van der Waals surface area contributed by atoms with E-state index in [0.717, 1.165) is 11.1 Å². The maximum atomic E-state index is 13.4. The van der Waals surface area contributed by atoms with E-state index >= 15 is 0 Å². The van der Waals surface area contributed by atoms with Crippen molar-refractivity contribution in [3.05, 3.63) is 98.7 Å². The molecule has 0 N–H and O–H groups in total. The van der Waals surface area contributed by atoms with Gasteiger partial charge in [0.2, 0.25) is 11.2 Å². The van der Waals surface area contributed by atoms with Crippen molar-refractivity contribution in [2.75, 3.05) is 6.61 Å². The van der Waals surface area contributed by atoms with Gasteiger partial charge in [-0.1, -0.05) is 87.0 Å². The van der Waals surface area contributed by atoms with Crippen LogP contribution in [0.2, 0.25) is 5.02 Å². The Hall–Kier alpha value is -3.37. The minimum Gasteiger partial charge on any atom is -0.478 e. The maximum absolute atomic E-state index is 13.4. The molecule has 0 fully saturated rings. The number of carbonyl (C=O) groups excluding carboxylic acids is 1. The number of aryl methyl sites for hydroxylation is 1. The second kappa shape index (κ2) is 8.87. The molecular formula is C28H25ClO4. The molecule has 0 amide bonds. The third-order valence-electron chi connectivity index (χ3n) is 5.59. The van der Waals surface area contributed by atoms with Gasteiger partial charge in [0.25, 0.3) is 0 Å². The fourth-order valence-electron chi connectivity index (χ4n) is 3.59. The van der Waals surface area contributed by atoms with Crippen LogP contribution in [-0.4, -0.2) is 12.4 Å². The van der Waals surface area contributed by atoms with Gasteiger partial charge < -0.3 is 9.15 Å². The number of hydrogen-bond acceptors (Lipinski definition) is 4. The summed E-state index contributed by atoms with van der Waals surface area (Å²) in [6, 6.07) is 20.0. The van der Waals surface area contributed by atoms with E-state index in [9.17, 15) is 9.59 Å². The van der Waals surface area contributed by atoms with Crippen molar-refractivity contribution in [2.24, 2.45) is 0 Å². The predicted octanol–water partition coefficient (Wildman–Crippen LogP) is 6.98. The molecule has 0 unspecified atom stereocenters. The van der Waals surface area contributed by atoms with E-state index in [1.54, 1.807) is 36.4 Å². The predicted molar refractivity (Wildman–Crippen MR) is 133 cm³/mol. The van der Waals surface area contributed by atoms with Crippen LogP contribution >= 0.6 is 11.6 Å². The molecule has 0 saturated carbocycles. The summed E-state index contributed by atoms with van der Waals surface area (Å²) < 4.78 is 12.0. The average molecular weight is 461 g/mol. The Bertz CT molecular complexity index is 1380. The summed E-state index contributed by atoms with van der Waals surface area (Å²) in [5.74, 6) is 0.0526. The van der Waals surface area contributed by atoms with Gasteiger partial charge >= 0.3 is 0 Å². The summed E-state index contributed by atoms with van der Waals surface area (Å²) >= 11 is 6.26. The molecule has 1 aromatic heterocycles. The molecular weight excluding hydrogens is 436 g/mol. The molecule has 3 aromatic carbocycles. The van der Waals surface area contributed by atoms with Crippen molar-refractivity contribution < 1.29 is 13.9 Å². The van der Waals surface area contributed by atoms with E-state index in [2.05, 4.69) is 20.8 Å². The normalized spacial score (nSPS) is 11.5. The van der Waals surface area contributed by atoms with Crippen molar-refractivity contribution in [3.63, 3.8) is 0 Å². The van der Waals surface area contributed by atoms with Crippen LogP contribution in [0.5, 0.6) is 5.75 Å². The largest absolute Gasteiger partial charge is 0.478 e. The quantitative estimate of drug-likeness (QED) is 0.301. The number of hydrogen-bond donors (Lipinski definition) is 0. The first-order valence-electron chi connectivity index (χ1n) is 10.7. The molecule has 1 heterocycles. The average Bonchev–Trinajstić information content (AvgIpc) is 2.79. The number of ether oxygens (including phenoxy) is 1. The zero-order valence-electron chi connectivity index (χ0n) is 19.1. The van der Waals surface area contributed by atoms with E-state index < -0.39 is 0 Å². The lowest BCUT2D eigenvalue weighted by molar-refractivity contribution is 0.0920. The lowest BCUT2D eigenvalue weighted by Gasteiger charge is -2.19. The molecule has 0 radical (unpaired) electrons. The van der Waals surface area contributed by atoms with Crippen molar-refractivity contribution in [2.45, 2.75) is 33.1 Å². The van der Waals surface area contributed by atoms with Crippen LogP contribution in [0.3, 0.4) is 0 Å². The highest BCUT2D eigenvalue weighted by Crippen LogP contribution is 2.34. The number of benzene rings is 3. The molecule has 0 spiro atoms. The molecule has 0 aliphatic heterocycles. The van der Waals surface area contributed by atoms with Gasteiger partial charge in [0.15, 0.2) is 18.2 Å². The molecule has 0 saturated heterocycles. The topological polar surface area (TPSA) is 56.5 Å². The SMILES string of the molecule is Cc1cc2oc(-c3ccc(C(C)(C)C)cc3)c(OCC(=O)c3ccccc3)c(=O)c2cc1Cl. The maximum Gasteiger partial charge on any atom is 0.235 e. The Morgan fingerprint density at radius 2 is 1.67 bits per heavy atom. The first-order chi connectivity index (χ1) is 15.6. The number of Topliss-reactive ketones (excluding diaryl/α,β-unsaturated/α-hetero) is 1. The fourth-order valence-corrected chi connectivity index (χ4v) is 3.75. The summed E-state index contributed by atoms with van der Waals surface area (Å²) in [5.41, 5.74) is 3.19. The van der Waals surface area contributed by atoms with Crippen LogP contribution in [0.4, 0.5) is 0 Å². The lowest BCUT2D eigenvalue weighted by Crippen LogP contribution is -2.17. The van der Waals surface area contributed by atoms with E-state index in [1.807, 2.05) is 37.3 Å². The smallest absolute Gasteiger partial charge is 0.235 e. The number of carbonyl (C=O) groups is 1. The van der Waals surface area contributed by atoms with Crippen LogP contribution in [0.25, 0.3) is 22.3 Å². The molecule has 4 nitrogen and oxygen atoms in total. The molecule has 0 bridgehead atoms. The Kier molecular flexibility index (Phi) is 6.13. The number of fused-ring (bicyclic) bond motifs is 1. The zero-order valence-corrected chi connectivity index (χ0v) is 19.8. The molecule has 4 aromatic rings. The van der Waals surface area contributed by atoms with Crippen LogP contribution in [-0.2, 0) is 5.41 Å². The van der Waals surface area contributed by atoms with E-state index in [4.69, 9.17) is 20.8 Å². The highest BCUT2D eigenvalue weighted by molar-refractivity contribution is 6.32. The van der Waals surface area contributed by atoms with Crippen LogP contribution in [0, 0.1) is 6.92 Å². The van der Waals surface area contributed by atoms with Gasteiger partial charge in [0, 0.05) is 16.1 Å². The van der Waals surface area contributed by atoms with Crippen molar-refractivity contribution >= 4 is 28.4 Å². The van der Waals surface area contributed by atoms with Gasteiger partial charge in [-0.2, -0.15) is 0 Å². The molecule has 33 heavy (non-hydrogen) atoms. The molecule has 5 heteroatoms. The molecule has 0 aliphatic carbocycles. The highest BCUT2D eigenvalue weighted by Gasteiger charge is 2.21. The van der Waals surface area contributed by atoms with E-state index in [1.165, 1.54) is 0 Å². The van der Waals surface area contributed by atoms with Crippen molar-refractivity contribution in [1.82, 2.24) is 0 Å². The summed E-state index contributed by atoms with van der Waals surface area (Å²) in [6.45, 7) is 7.96. The number of rotatable bonds is 5. The first-order valence-corrected chi connectivity index (χ1v) is 11.1.